The summed E-state index contributed by atoms with van der Waals surface area (Å²) >= 11 is 0. The SMILES string of the molecule is CC1(C)C(/C=C/C=C/C=C/C=C2\Oc3cccnc3N2CCCS(=O)(=O)[O-])=Nc2c1ccc[n+]2CCCCCC(=O)O. The van der Waals surface area contributed by atoms with Crippen molar-refractivity contribution < 1.29 is 32.2 Å². The topological polar surface area (TPSA) is 136 Å². The highest BCUT2D eigenvalue weighted by Gasteiger charge is 2.41. The Labute approximate surface area is 246 Å². The molecule has 42 heavy (non-hydrogen) atoms. The smallest absolute Gasteiger partial charge is 0.327 e. The molecule has 0 fully saturated rings. The van der Waals surface area contributed by atoms with Gasteiger partial charge in [0.15, 0.2) is 17.3 Å². The number of anilines is 1. The molecule has 0 radical (unpaired) electrons. The van der Waals surface area contributed by atoms with E-state index in [1.165, 1.54) is 0 Å². The zero-order valence-electron chi connectivity index (χ0n) is 23.8. The van der Waals surface area contributed by atoms with Gasteiger partial charge >= 0.3 is 11.8 Å². The highest BCUT2D eigenvalue weighted by molar-refractivity contribution is 7.85. The predicted octanol–water partition coefficient (Wildman–Crippen LogP) is 4.72. The van der Waals surface area contributed by atoms with Crippen LogP contribution >= 0.6 is 0 Å². The number of aliphatic carboxylic acids is 1. The van der Waals surface area contributed by atoms with Crippen LogP contribution in [0.5, 0.6) is 5.75 Å². The van der Waals surface area contributed by atoms with Crippen LogP contribution < -0.4 is 14.2 Å². The summed E-state index contributed by atoms with van der Waals surface area (Å²) in [5.74, 6) is 1.39. The average molecular weight is 593 g/mol. The number of hydrogen-bond acceptors (Lipinski definition) is 8. The van der Waals surface area contributed by atoms with E-state index in [1.54, 1.807) is 29.3 Å². The zero-order valence-corrected chi connectivity index (χ0v) is 24.7. The first-order valence-electron chi connectivity index (χ1n) is 14.0. The second-order valence-corrected chi connectivity index (χ2v) is 12.1. The van der Waals surface area contributed by atoms with Crippen LogP contribution in [-0.2, 0) is 26.9 Å². The van der Waals surface area contributed by atoms with Crippen LogP contribution in [0.1, 0.15) is 51.5 Å². The monoisotopic (exact) mass is 592 g/mol. The fraction of sp³-hybridized carbons (Fsp3) is 0.355. The maximum Gasteiger partial charge on any atom is 0.327 e. The molecular weight excluding hydrogens is 556 g/mol. The number of carboxylic acids is 1. The van der Waals surface area contributed by atoms with Crippen molar-refractivity contribution in [2.45, 2.75) is 57.9 Å². The number of aromatic nitrogens is 2. The van der Waals surface area contributed by atoms with Crippen LogP contribution in [0.2, 0.25) is 0 Å². The van der Waals surface area contributed by atoms with E-state index in [9.17, 15) is 17.8 Å². The summed E-state index contributed by atoms with van der Waals surface area (Å²) in [6.07, 6.45) is 19.6. The zero-order chi connectivity index (χ0) is 30.2. The lowest BCUT2D eigenvalue weighted by Crippen LogP contribution is -2.34. The molecule has 2 aliphatic rings. The Bertz CT molecular complexity index is 1560. The van der Waals surface area contributed by atoms with E-state index < -0.39 is 21.8 Å². The van der Waals surface area contributed by atoms with Crippen molar-refractivity contribution in [3.05, 3.63) is 90.6 Å². The number of nitrogens with zero attached hydrogens (tertiary/aromatic N) is 4. The van der Waals surface area contributed by atoms with E-state index in [2.05, 4.69) is 29.5 Å². The van der Waals surface area contributed by atoms with Gasteiger partial charge in [0, 0.05) is 24.9 Å². The third-order valence-electron chi connectivity index (χ3n) is 7.07. The Morgan fingerprint density at radius 2 is 1.88 bits per heavy atom. The van der Waals surface area contributed by atoms with Crippen molar-refractivity contribution in [1.29, 1.82) is 0 Å². The molecule has 0 aliphatic carbocycles. The van der Waals surface area contributed by atoms with Gasteiger partial charge in [0.25, 0.3) is 0 Å². The van der Waals surface area contributed by atoms with Crippen LogP contribution in [0.15, 0.2) is 90.1 Å². The van der Waals surface area contributed by atoms with Crippen molar-refractivity contribution in [2.75, 3.05) is 17.2 Å². The molecule has 0 aromatic carbocycles. The number of unbranched alkanes of at least 4 members (excludes halogenated alkanes) is 2. The number of ether oxygens (including phenoxy) is 1. The van der Waals surface area contributed by atoms with Crippen molar-refractivity contribution in [3.63, 3.8) is 0 Å². The molecule has 1 N–H and O–H groups in total. The highest BCUT2D eigenvalue weighted by atomic mass is 32.2. The largest absolute Gasteiger partial charge is 0.748 e. The maximum atomic E-state index is 11.0. The van der Waals surface area contributed by atoms with E-state index >= 15 is 0 Å². The third-order valence-corrected chi connectivity index (χ3v) is 7.86. The van der Waals surface area contributed by atoms with Crippen LogP contribution in [0.25, 0.3) is 0 Å². The van der Waals surface area contributed by atoms with E-state index in [1.807, 2.05) is 48.7 Å². The average Bonchev–Trinajstić information content (AvgIpc) is 3.41. The summed E-state index contributed by atoms with van der Waals surface area (Å²) in [6, 6.07) is 7.68. The number of aryl methyl sites for hydroxylation is 1. The van der Waals surface area contributed by atoms with Crippen molar-refractivity contribution in [1.82, 2.24) is 4.98 Å². The van der Waals surface area contributed by atoms with Gasteiger partial charge < -0.3 is 14.4 Å². The number of hydrogen-bond donors (Lipinski definition) is 1. The van der Waals surface area contributed by atoms with Gasteiger partial charge in [-0.1, -0.05) is 30.4 Å². The molecule has 11 heteroatoms. The lowest BCUT2D eigenvalue weighted by Gasteiger charge is -2.17. The van der Waals surface area contributed by atoms with Crippen LogP contribution in [0, 0.1) is 0 Å². The number of allylic oxidation sites excluding steroid dienone is 7. The van der Waals surface area contributed by atoms with Crippen LogP contribution in [-0.4, -0.2) is 47.0 Å². The Morgan fingerprint density at radius 1 is 1.10 bits per heavy atom. The second-order valence-electron chi connectivity index (χ2n) is 10.6. The van der Waals surface area contributed by atoms with Crippen molar-refractivity contribution in [3.8, 4) is 5.75 Å². The van der Waals surface area contributed by atoms with Gasteiger partial charge in [-0.15, -0.1) is 0 Å². The maximum absolute atomic E-state index is 11.0. The normalized spacial score (nSPS) is 16.9. The second kappa shape index (κ2) is 13.7. The number of fused-ring (bicyclic) bond motifs is 2. The summed E-state index contributed by atoms with van der Waals surface area (Å²) in [5, 5.41) is 8.83. The molecule has 2 aromatic rings. The Morgan fingerprint density at radius 3 is 2.67 bits per heavy atom. The van der Waals surface area contributed by atoms with Gasteiger partial charge in [-0.05, 0) is 80.9 Å². The molecule has 2 aliphatic heterocycles. The molecule has 222 valence electrons. The third kappa shape index (κ3) is 8.01. The molecule has 4 rings (SSSR count). The quantitative estimate of drug-likeness (QED) is 0.144. The lowest BCUT2D eigenvalue weighted by molar-refractivity contribution is -0.684. The summed E-state index contributed by atoms with van der Waals surface area (Å²) in [5.41, 5.74) is 1.87. The number of carbonyl (C=O) groups is 1. The van der Waals surface area contributed by atoms with Crippen LogP contribution in [0.4, 0.5) is 11.6 Å². The molecule has 0 saturated carbocycles. The molecule has 0 atom stereocenters. The van der Waals surface area contributed by atoms with E-state index in [4.69, 9.17) is 14.8 Å². The van der Waals surface area contributed by atoms with Crippen molar-refractivity contribution in [2.24, 2.45) is 4.99 Å². The minimum atomic E-state index is -4.29. The van der Waals surface area contributed by atoms with Crippen molar-refractivity contribution >= 4 is 33.4 Å². The summed E-state index contributed by atoms with van der Waals surface area (Å²) in [4.78, 5) is 21.8. The Kier molecular flexibility index (Phi) is 10.1. The molecule has 0 spiro atoms. The first kappa shape index (κ1) is 30.9. The molecule has 10 nitrogen and oxygen atoms in total. The highest BCUT2D eigenvalue weighted by Crippen LogP contribution is 2.38. The van der Waals surface area contributed by atoms with Gasteiger partial charge in [0.2, 0.25) is 5.88 Å². The first-order valence-corrected chi connectivity index (χ1v) is 15.5. The molecule has 0 amide bonds. The predicted molar refractivity (Wildman–Crippen MR) is 160 cm³/mol. The minimum absolute atomic E-state index is 0.161. The van der Waals surface area contributed by atoms with Gasteiger partial charge in [-0.2, -0.15) is 0 Å². The van der Waals surface area contributed by atoms with E-state index in [-0.39, 0.29) is 24.8 Å². The summed E-state index contributed by atoms with van der Waals surface area (Å²) in [6.45, 7) is 5.39. The first-order chi connectivity index (χ1) is 20.1. The Hall–Kier alpha value is -4.09. The molecular formula is C31H36N4O6S. The minimum Gasteiger partial charge on any atom is -0.748 e. The number of pyridine rings is 2. The number of aliphatic imine (C=N–C) groups is 1. The fourth-order valence-electron chi connectivity index (χ4n) is 4.86. The van der Waals surface area contributed by atoms with Gasteiger partial charge in [-0.3, -0.25) is 9.69 Å². The molecule has 4 heterocycles. The van der Waals surface area contributed by atoms with E-state index in [0.717, 1.165) is 36.5 Å². The number of rotatable bonds is 14. The van der Waals surface area contributed by atoms with E-state index in [0.29, 0.717) is 23.9 Å². The van der Waals surface area contributed by atoms with Gasteiger partial charge in [0.1, 0.15) is 0 Å². The van der Waals surface area contributed by atoms with Gasteiger partial charge in [0.05, 0.1) is 33.8 Å². The standard InChI is InChI=1S/C31H36N4O6S/c1-31(2)24-14-12-21-34(20-10-6-9-18-28(36)37)29(24)33-26(31)16-7-4-3-5-8-17-27-35(22-13-23-42(38,39)40)30-25(41-27)15-11-19-32-30/h3-5,7-8,11-12,14-17,19,21H,6,9-10,13,18,20,22-23H2,1-2H3,(H-,36,37,38,39,40). The van der Waals surface area contributed by atoms with Crippen LogP contribution in [0.3, 0.4) is 0 Å². The number of carboxylic acid groups (broad SMARTS) is 1. The summed E-state index contributed by atoms with van der Waals surface area (Å²) in [7, 11) is -4.29. The molecule has 0 unspecified atom stereocenters. The molecule has 2 aromatic heterocycles. The van der Waals surface area contributed by atoms with Gasteiger partial charge in [-0.25, -0.2) is 18.0 Å². The molecule has 0 saturated heterocycles. The Balaban J connectivity index is 1.37. The lowest BCUT2D eigenvalue weighted by atomic mass is 9.82. The molecule has 0 bridgehead atoms. The fourth-order valence-corrected chi connectivity index (χ4v) is 5.34. The summed E-state index contributed by atoms with van der Waals surface area (Å²) < 4.78 is 41.1.